The van der Waals surface area contributed by atoms with Crippen LogP contribution in [0, 0.1) is 0 Å². The highest BCUT2D eigenvalue weighted by molar-refractivity contribution is 8.00. The molecule has 0 bridgehead atoms. The topological polar surface area (TPSA) is 174 Å². The van der Waals surface area contributed by atoms with Gasteiger partial charge in [0.2, 0.25) is 12.5 Å². The summed E-state index contributed by atoms with van der Waals surface area (Å²) >= 11 is 1.37. The molecule has 7 rings (SSSR count). The number of anilines is 1. The first kappa shape index (κ1) is 49.0. The molecule has 3 aliphatic rings. The van der Waals surface area contributed by atoms with Crippen LogP contribution in [0.4, 0.5) is 15.3 Å². The Kier molecular flexibility index (Phi) is 15.4. The van der Waals surface area contributed by atoms with E-state index < -0.39 is 52.8 Å². The predicted molar refractivity (Wildman–Crippen MR) is 241 cm³/mol. The zero-order chi connectivity index (χ0) is 46.5. The summed E-state index contributed by atoms with van der Waals surface area (Å²) in [5, 5.41) is 4.87. The molecule has 4 heterocycles. The number of ether oxygens (including phenoxy) is 4. The van der Waals surface area contributed by atoms with Crippen LogP contribution in [0.15, 0.2) is 132 Å². The summed E-state index contributed by atoms with van der Waals surface area (Å²) in [5.74, 6) is -1.27. The average Bonchev–Trinajstić information content (AvgIpc) is 3.58. The number of rotatable bonds is 12. The van der Waals surface area contributed by atoms with Crippen molar-refractivity contribution >= 4 is 53.4 Å². The third-order valence-electron chi connectivity index (χ3n) is 10.2. The number of likely N-dealkylation sites (tertiary alicyclic amines) is 1. The predicted octanol–water partition coefficient (Wildman–Crippen LogP) is 3.98. The molecule has 0 saturated carbocycles. The molecule has 17 heteroatoms. The fourth-order valence-electron chi connectivity index (χ4n) is 7.38. The molecule has 4 amide bonds. The molecule has 2 atom stereocenters. The lowest BCUT2D eigenvalue weighted by Gasteiger charge is -2.49. The standard InChI is InChI=1S/C49H51N5O10S.BrH/c1-48(2,3)63-46(59)51-39-43(57)54-40(45(58)62-41(32-14-9-7-10-15-32)33-16-11-8-12-17-33)35(30-65-44(39)54)26-34-22-25-53(42(34)56)28-31-20-23-52(24-21-31)29-38(55)50-36-18-13-19-37(27-36)61-47(60)64-49(4,5)6;/h7-21,23-24,26-27,39,41,44H,22,25,28-30H2,1-6H3,(H-,50,51,55,59);1H/b34-26+;/t39-,44-;/m1./s1. The van der Waals surface area contributed by atoms with Crippen molar-refractivity contribution in [2.75, 3.05) is 17.6 Å². The number of hydrogen-bond donors (Lipinski definition) is 2. The van der Waals surface area contributed by atoms with Gasteiger partial charge < -0.3 is 51.5 Å². The minimum absolute atomic E-state index is 0. The number of carbonyl (C=O) groups excluding carboxylic acids is 6. The lowest BCUT2D eigenvalue weighted by molar-refractivity contribution is -0.684. The monoisotopic (exact) mass is 981 g/mol. The first-order valence-electron chi connectivity index (χ1n) is 21.2. The van der Waals surface area contributed by atoms with Gasteiger partial charge in [0.1, 0.15) is 34.1 Å². The molecule has 4 aromatic rings. The van der Waals surface area contributed by atoms with Gasteiger partial charge in [-0.3, -0.25) is 19.3 Å². The first-order chi connectivity index (χ1) is 30.9. The van der Waals surface area contributed by atoms with E-state index in [0.717, 1.165) is 16.7 Å². The van der Waals surface area contributed by atoms with E-state index in [1.54, 1.807) is 87.7 Å². The second-order valence-corrected chi connectivity index (χ2v) is 18.8. The normalized spacial score (nSPS) is 17.7. The average molecular weight is 983 g/mol. The Morgan fingerprint density at radius 1 is 0.848 bits per heavy atom. The zero-order valence-corrected chi connectivity index (χ0v) is 39.9. The summed E-state index contributed by atoms with van der Waals surface area (Å²) in [4.78, 5) is 83.1. The number of hydrogen-bond acceptors (Lipinski definition) is 11. The van der Waals surface area contributed by atoms with Gasteiger partial charge in [-0.05, 0) is 88.4 Å². The van der Waals surface area contributed by atoms with E-state index in [1.165, 1.54) is 22.7 Å². The van der Waals surface area contributed by atoms with Crippen molar-refractivity contribution in [3.63, 3.8) is 0 Å². The van der Waals surface area contributed by atoms with Gasteiger partial charge >= 0.3 is 18.2 Å². The van der Waals surface area contributed by atoms with E-state index in [9.17, 15) is 28.8 Å². The van der Waals surface area contributed by atoms with Gasteiger partial charge in [-0.1, -0.05) is 66.7 Å². The molecule has 3 aromatic carbocycles. The summed E-state index contributed by atoms with van der Waals surface area (Å²) in [5.41, 5.74) is 2.22. The molecule has 0 radical (unpaired) electrons. The highest BCUT2D eigenvalue weighted by Crippen LogP contribution is 2.43. The van der Waals surface area contributed by atoms with Gasteiger partial charge in [0.25, 0.3) is 11.8 Å². The van der Waals surface area contributed by atoms with E-state index in [2.05, 4.69) is 10.6 Å². The van der Waals surface area contributed by atoms with Crippen molar-refractivity contribution in [2.45, 2.75) is 89.8 Å². The molecular formula is C49H52BrN5O10S. The van der Waals surface area contributed by atoms with E-state index in [1.807, 2.05) is 72.8 Å². The van der Waals surface area contributed by atoms with Crippen LogP contribution >= 0.6 is 11.8 Å². The molecule has 0 aliphatic carbocycles. The van der Waals surface area contributed by atoms with Gasteiger partial charge in [0, 0.05) is 48.3 Å². The smallest absolute Gasteiger partial charge is 0.514 e. The number of nitrogens with one attached hydrogen (secondary N) is 2. The van der Waals surface area contributed by atoms with E-state index in [0.29, 0.717) is 36.3 Å². The lowest BCUT2D eigenvalue weighted by Crippen LogP contribution is -3.00. The highest BCUT2D eigenvalue weighted by atomic mass is 79.9. The number of thioether (sulfide) groups is 1. The maximum absolute atomic E-state index is 14.5. The Labute approximate surface area is 398 Å². The van der Waals surface area contributed by atoms with Crippen LogP contribution in [-0.2, 0) is 46.5 Å². The van der Waals surface area contributed by atoms with E-state index >= 15 is 0 Å². The second-order valence-electron chi connectivity index (χ2n) is 17.7. The molecule has 15 nitrogen and oxygen atoms in total. The Bertz CT molecular complexity index is 2480. The number of allylic oxidation sites excluding steroid dienone is 1. The number of nitrogens with zero attached hydrogens (tertiary/aromatic N) is 3. The number of carbonyl (C=O) groups is 6. The van der Waals surface area contributed by atoms with Crippen LogP contribution in [0.5, 0.6) is 5.75 Å². The minimum Gasteiger partial charge on any atom is -1.00 e. The van der Waals surface area contributed by atoms with Crippen molar-refractivity contribution in [3.05, 3.63) is 149 Å². The van der Waals surface area contributed by atoms with Crippen LogP contribution in [0.25, 0.3) is 0 Å². The summed E-state index contributed by atoms with van der Waals surface area (Å²) < 4.78 is 23.8. The van der Waals surface area contributed by atoms with Crippen molar-refractivity contribution in [1.82, 2.24) is 15.1 Å². The molecule has 66 heavy (non-hydrogen) atoms. The molecule has 1 aromatic heterocycles. The third kappa shape index (κ3) is 12.5. The van der Waals surface area contributed by atoms with E-state index in [4.69, 9.17) is 18.9 Å². The van der Waals surface area contributed by atoms with Crippen LogP contribution in [0.2, 0.25) is 0 Å². The highest BCUT2D eigenvalue weighted by Gasteiger charge is 2.55. The van der Waals surface area contributed by atoms with Crippen LogP contribution in [0.1, 0.15) is 70.8 Å². The molecule has 0 unspecified atom stereocenters. The number of benzene rings is 3. The molecule has 2 saturated heterocycles. The lowest BCUT2D eigenvalue weighted by atomic mass is 10.00. The molecule has 3 aliphatic heterocycles. The molecule has 346 valence electrons. The number of esters is 1. The summed E-state index contributed by atoms with van der Waals surface area (Å²) in [6.07, 6.45) is 3.21. The van der Waals surface area contributed by atoms with E-state index in [-0.39, 0.29) is 52.5 Å². The number of halogens is 1. The maximum Gasteiger partial charge on any atom is 0.514 e. The number of aromatic nitrogens is 1. The number of fused-ring (bicyclic) bond motifs is 1. The molecule has 2 N–H and O–H groups in total. The van der Waals surface area contributed by atoms with Gasteiger partial charge in [-0.15, -0.1) is 11.8 Å². The Balaban J connectivity index is 0.00000720. The molecular weight excluding hydrogens is 931 g/mol. The van der Waals surface area contributed by atoms with Crippen LogP contribution < -0.4 is 36.9 Å². The minimum atomic E-state index is -0.933. The van der Waals surface area contributed by atoms with Crippen molar-refractivity contribution in [1.29, 1.82) is 0 Å². The Morgan fingerprint density at radius 3 is 2.11 bits per heavy atom. The quantitative estimate of drug-likeness (QED) is 0.0525. The SMILES string of the molecule is CC(C)(C)OC(=O)N[C@@H]1C(=O)N2C(C(=O)OC(c3ccccc3)c3ccccc3)=C(/C=C3\CCN(Cc4cc[n+](CC(=O)Nc5cccc(OC(=O)OC(C)(C)C)c5)cc4)C3=O)CS[C@H]12.[Br-]. The van der Waals surface area contributed by atoms with Crippen molar-refractivity contribution in [3.8, 4) is 5.75 Å². The third-order valence-corrected chi connectivity index (χ3v) is 11.5. The van der Waals surface area contributed by atoms with Crippen LogP contribution in [0.3, 0.4) is 0 Å². The number of β-lactam (4-membered cyclic amide) rings is 1. The zero-order valence-electron chi connectivity index (χ0n) is 37.4. The fourth-order valence-corrected chi connectivity index (χ4v) is 8.68. The maximum atomic E-state index is 14.5. The second kappa shape index (κ2) is 20.8. The van der Waals surface area contributed by atoms with Crippen molar-refractivity contribution in [2.24, 2.45) is 0 Å². The van der Waals surface area contributed by atoms with Gasteiger partial charge in [-0.2, -0.15) is 4.57 Å². The molecule has 2 fully saturated rings. The largest absolute Gasteiger partial charge is 1.00 e. The number of alkyl carbamates (subject to hydrolysis) is 1. The summed E-state index contributed by atoms with van der Waals surface area (Å²) in [6, 6.07) is 27.8. The summed E-state index contributed by atoms with van der Waals surface area (Å²) in [6.45, 7) is 11.1. The van der Waals surface area contributed by atoms with Gasteiger partial charge in [0.05, 0.1) is 0 Å². The Hall–Kier alpha value is -6.46. The van der Waals surface area contributed by atoms with Crippen LogP contribution in [-0.4, -0.2) is 80.7 Å². The fraction of sp³-hybridized carbons (Fsp3) is 0.327. The Morgan fingerprint density at radius 2 is 1.48 bits per heavy atom. The number of pyridine rings is 1. The number of amides is 4. The first-order valence-corrected chi connectivity index (χ1v) is 22.2. The van der Waals surface area contributed by atoms with Gasteiger partial charge in [0.15, 0.2) is 18.5 Å². The summed E-state index contributed by atoms with van der Waals surface area (Å²) in [7, 11) is 0. The molecule has 0 spiro atoms. The van der Waals surface area contributed by atoms with Crippen molar-refractivity contribution < 1.29 is 69.3 Å². The van der Waals surface area contributed by atoms with Gasteiger partial charge in [-0.25, -0.2) is 14.4 Å².